The Balaban J connectivity index is 1.60. The first-order chi connectivity index (χ1) is 14.8. The van der Waals surface area contributed by atoms with E-state index in [2.05, 4.69) is 53.8 Å². The Kier molecular flexibility index (Phi) is 6.36. The number of hydrogen-bond donors (Lipinski definition) is 1. The largest absolute Gasteiger partial charge is 0.345 e. The number of hydrogen-bond acceptors (Lipinski definition) is 1. The molecule has 0 bridgehead atoms. The molecule has 0 atom stereocenters. The molecule has 0 aliphatic carbocycles. The van der Waals surface area contributed by atoms with Gasteiger partial charge < -0.3 is 5.32 Å². The molecule has 0 saturated carbocycles. The van der Waals surface area contributed by atoms with E-state index < -0.39 is 0 Å². The van der Waals surface area contributed by atoms with Gasteiger partial charge >= 0.3 is 0 Å². The third kappa shape index (κ3) is 4.84. The van der Waals surface area contributed by atoms with Crippen molar-refractivity contribution in [2.24, 2.45) is 0 Å². The lowest BCUT2D eigenvalue weighted by atomic mass is 9.88. The normalized spacial score (nSPS) is 10.9. The minimum Gasteiger partial charge on any atom is -0.345 e. The SMILES string of the molecule is O=C(CC(c1ccccc1)c1ccccc1)NC(c1ccccc1)c1ccccc1. The lowest BCUT2D eigenvalue weighted by Crippen LogP contribution is -2.30. The number of nitrogens with one attached hydrogen (secondary N) is 1. The molecule has 0 saturated heterocycles. The van der Waals surface area contributed by atoms with Gasteiger partial charge in [0, 0.05) is 12.3 Å². The number of carbonyl (C=O) groups is 1. The fourth-order valence-corrected chi connectivity index (χ4v) is 3.85. The summed E-state index contributed by atoms with van der Waals surface area (Å²) < 4.78 is 0. The van der Waals surface area contributed by atoms with E-state index in [4.69, 9.17) is 0 Å². The first-order valence-electron chi connectivity index (χ1n) is 10.3. The van der Waals surface area contributed by atoms with Crippen molar-refractivity contribution >= 4 is 5.91 Å². The zero-order valence-electron chi connectivity index (χ0n) is 16.8. The lowest BCUT2D eigenvalue weighted by Gasteiger charge is -2.23. The molecule has 0 unspecified atom stereocenters. The van der Waals surface area contributed by atoms with Gasteiger partial charge in [-0.2, -0.15) is 0 Å². The average Bonchev–Trinajstić information content (AvgIpc) is 2.83. The van der Waals surface area contributed by atoms with Gasteiger partial charge in [-0.05, 0) is 22.3 Å². The molecule has 2 nitrogen and oxygen atoms in total. The maximum Gasteiger partial charge on any atom is 0.221 e. The van der Waals surface area contributed by atoms with Gasteiger partial charge in [-0.3, -0.25) is 4.79 Å². The molecule has 0 fully saturated rings. The van der Waals surface area contributed by atoms with Crippen LogP contribution in [0.15, 0.2) is 121 Å². The highest BCUT2D eigenvalue weighted by Gasteiger charge is 2.21. The molecule has 0 aromatic heterocycles. The Morgan fingerprint density at radius 3 is 1.23 bits per heavy atom. The highest BCUT2D eigenvalue weighted by Crippen LogP contribution is 2.29. The van der Waals surface area contributed by atoms with E-state index >= 15 is 0 Å². The third-order valence-electron chi connectivity index (χ3n) is 5.36. The second kappa shape index (κ2) is 9.71. The van der Waals surface area contributed by atoms with Gasteiger partial charge in [0.05, 0.1) is 6.04 Å². The van der Waals surface area contributed by atoms with E-state index in [0.717, 1.165) is 22.3 Å². The molecule has 4 rings (SSSR count). The Morgan fingerprint density at radius 2 is 0.867 bits per heavy atom. The molecule has 0 aliphatic rings. The number of benzene rings is 4. The monoisotopic (exact) mass is 391 g/mol. The van der Waals surface area contributed by atoms with Crippen LogP contribution in [-0.2, 0) is 4.79 Å². The second-order valence-corrected chi connectivity index (χ2v) is 7.40. The van der Waals surface area contributed by atoms with Crippen LogP contribution in [0.2, 0.25) is 0 Å². The Hall–Kier alpha value is -3.65. The molecule has 0 spiro atoms. The van der Waals surface area contributed by atoms with Crippen molar-refractivity contribution in [2.75, 3.05) is 0 Å². The maximum atomic E-state index is 13.2. The van der Waals surface area contributed by atoms with Crippen LogP contribution in [0.1, 0.15) is 40.6 Å². The molecular formula is C28H25NO. The molecule has 2 heteroatoms. The van der Waals surface area contributed by atoms with Crippen LogP contribution in [0.4, 0.5) is 0 Å². The number of rotatable bonds is 7. The Bertz CT molecular complexity index is 881. The van der Waals surface area contributed by atoms with Crippen molar-refractivity contribution in [1.82, 2.24) is 5.32 Å². The summed E-state index contributed by atoms with van der Waals surface area (Å²) in [6, 6.07) is 40.6. The van der Waals surface area contributed by atoms with Crippen LogP contribution in [0.25, 0.3) is 0 Å². The Morgan fingerprint density at radius 1 is 0.533 bits per heavy atom. The molecule has 148 valence electrons. The summed E-state index contributed by atoms with van der Waals surface area (Å²) in [5.41, 5.74) is 4.45. The van der Waals surface area contributed by atoms with Crippen LogP contribution >= 0.6 is 0 Å². The van der Waals surface area contributed by atoms with Crippen molar-refractivity contribution in [2.45, 2.75) is 18.4 Å². The van der Waals surface area contributed by atoms with Gasteiger partial charge in [-0.1, -0.05) is 121 Å². The predicted octanol–water partition coefficient (Wildman–Crippen LogP) is 6.11. The van der Waals surface area contributed by atoms with Gasteiger partial charge in [0.15, 0.2) is 0 Å². The lowest BCUT2D eigenvalue weighted by molar-refractivity contribution is -0.121. The minimum atomic E-state index is -0.174. The summed E-state index contributed by atoms with van der Waals surface area (Å²) in [5, 5.41) is 3.28. The summed E-state index contributed by atoms with van der Waals surface area (Å²) in [7, 11) is 0. The summed E-state index contributed by atoms with van der Waals surface area (Å²) in [5.74, 6) is 0.0463. The van der Waals surface area contributed by atoms with Crippen molar-refractivity contribution < 1.29 is 4.79 Å². The summed E-state index contributed by atoms with van der Waals surface area (Å²) in [6.45, 7) is 0. The maximum absolute atomic E-state index is 13.2. The second-order valence-electron chi connectivity index (χ2n) is 7.40. The standard InChI is InChI=1S/C28H25NO/c30-27(21-26(22-13-5-1-6-14-22)23-15-7-2-8-16-23)29-28(24-17-9-3-10-18-24)25-19-11-4-12-20-25/h1-20,26,28H,21H2,(H,29,30). The zero-order valence-corrected chi connectivity index (χ0v) is 16.8. The molecule has 0 radical (unpaired) electrons. The topological polar surface area (TPSA) is 29.1 Å². The van der Waals surface area contributed by atoms with E-state index in [-0.39, 0.29) is 17.9 Å². The first kappa shape index (κ1) is 19.7. The predicted molar refractivity (Wildman–Crippen MR) is 122 cm³/mol. The van der Waals surface area contributed by atoms with Crippen LogP contribution in [-0.4, -0.2) is 5.91 Å². The van der Waals surface area contributed by atoms with E-state index in [1.165, 1.54) is 0 Å². The van der Waals surface area contributed by atoms with Gasteiger partial charge in [-0.25, -0.2) is 0 Å². The van der Waals surface area contributed by atoms with Crippen LogP contribution in [0, 0.1) is 0 Å². The minimum absolute atomic E-state index is 0.0135. The zero-order chi connectivity index (χ0) is 20.6. The fourth-order valence-electron chi connectivity index (χ4n) is 3.85. The third-order valence-corrected chi connectivity index (χ3v) is 5.36. The molecule has 0 heterocycles. The van der Waals surface area contributed by atoms with Gasteiger partial charge in [0.2, 0.25) is 5.91 Å². The van der Waals surface area contributed by atoms with Crippen LogP contribution in [0.5, 0.6) is 0 Å². The van der Waals surface area contributed by atoms with Crippen molar-refractivity contribution in [3.63, 3.8) is 0 Å². The van der Waals surface area contributed by atoms with E-state index in [1.54, 1.807) is 0 Å². The fraction of sp³-hybridized carbons (Fsp3) is 0.107. The Labute approximate surface area is 178 Å². The quantitative estimate of drug-likeness (QED) is 0.404. The highest BCUT2D eigenvalue weighted by atomic mass is 16.1. The van der Waals surface area contributed by atoms with Crippen molar-refractivity contribution in [1.29, 1.82) is 0 Å². The average molecular weight is 392 g/mol. The van der Waals surface area contributed by atoms with Crippen molar-refractivity contribution in [3.05, 3.63) is 144 Å². The van der Waals surface area contributed by atoms with Gasteiger partial charge in [-0.15, -0.1) is 0 Å². The van der Waals surface area contributed by atoms with E-state index in [1.807, 2.05) is 72.8 Å². The van der Waals surface area contributed by atoms with Crippen LogP contribution < -0.4 is 5.32 Å². The first-order valence-corrected chi connectivity index (χ1v) is 10.3. The number of amides is 1. The molecule has 4 aromatic rings. The van der Waals surface area contributed by atoms with Crippen LogP contribution in [0.3, 0.4) is 0 Å². The van der Waals surface area contributed by atoms with E-state index in [0.29, 0.717) is 6.42 Å². The van der Waals surface area contributed by atoms with E-state index in [9.17, 15) is 4.79 Å². The van der Waals surface area contributed by atoms with Crippen molar-refractivity contribution in [3.8, 4) is 0 Å². The molecule has 30 heavy (non-hydrogen) atoms. The molecule has 0 aliphatic heterocycles. The molecular weight excluding hydrogens is 366 g/mol. The summed E-state index contributed by atoms with van der Waals surface area (Å²) >= 11 is 0. The van der Waals surface area contributed by atoms with Gasteiger partial charge in [0.1, 0.15) is 0 Å². The number of carbonyl (C=O) groups excluding carboxylic acids is 1. The molecule has 1 N–H and O–H groups in total. The molecule has 4 aromatic carbocycles. The smallest absolute Gasteiger partial charge is 0.221 e. The summed E-state index contributed by atoms with van der Waals surface area (Å²) in [6.07, 6.45) is 0.393. The highest BCUT2D eigenvalue weighted by molar-refractivity contribution is 5.78. The van der Waals surface area contributed by atoms with Gasteiger partial charge in [0.25, 0.3) is 0 Å². The molecule has 1 amide bonds. The summed E-state index contributed by atoms with van der Waals surface area (Å²) in [4.78, 5) is 13.2.